The quantitative estimate of drug-likeness (QED) is 0.839. The van der Waals surface area contributed by atoms with Gasteiger partial charge in [0.15, 0.2) is 5.17 Å². The highest BCUT2D eigenvalue weighted by Gasteiger charge is 2.28. The number of amidine groups is 1. The molecule has 0 saturated carbocycles. The van der Waals surface area contributed by atoms with Gasteiger partial charge in [0.05, 0.1) is 16.8 Å². The van der Waals surface area contributed by atoms with Gasteiger partial charge in [-0.1, -0.05) is 30.3 Å². The van der Waals surface area contributed by atoms with Gasteiger partial charge >= 0.3 is 0 Å². The monoisotopic (exact) mass is 353 g/mol. The average molecular weight is 353 g/mol. The Kier molecular flexibility index (Phi) is 4.42. The smallest absolute Gasteiger partial charge is 0.286 e. The molecule has 1 aromatic heterocycles. The van der Waals surface area contributed by atoms with Gasteiger partial charge in [0, 0.05) is 37.3 Å². The topological polar surface area (TPSA) is 64.6 Å². The minimum Gasteiger partial charge on any atom is -0.348 e. The third-order valence-electron chi connectivity index (χ3n) is 4.40. The summed E-state index contributed by atoms with van der Waals surface area (Å²) in [5.74, 6) is -0.167. The number of carbonyl (C=O) groups excluding carboxylic acids is 1. The lowest BCUT2D eigenvalue weighted by Gasteiger charge is -2.32. The Morgan fingerprint density at radius 2 is 1.92 bits per heavy atom. The molecule has 1 fully saturated rings. The highest BCUT2D eigenvalue weighted by Crippen LogP contribution is 2.32. The van der Waals surface area contributed by atoms with Crippen LogP contribution in [0.1, 0.15) is 5.56 Å². The second-order valence-electron chi connectivity index (χ2n) is 6.17. The third-order valence-corrected chi connectivity index (χ3v) is 5.45. The number of piperazine rings is 1. The van der Waals surface area contributed by atoms with Crippen molar-refractivity contribution in [2.45, 2.75) is 0 Å². The van der Waals surface area contributed by atoms with Gasteiger partial charge in [-0.05, 0) is 24.9 Å². The number of H-pyrrole nitrogens is 1. The Morgan fingerprint density at radius 1 is 1.16 bits per heavy atom. The van der Waals surface area contributed by atoms with Crippen molar-refractivity contribution in [1.29, 1.82) is 0 Å². The molecule has 2 aliphatic heterocycles. The molecular formula is C18H19N5OS. The second kappa shape index (κ2) is 6.85. The van der Waals surface area contributed by atoms with E-state index >= 15 is 0 Å². The van der Waals surface area contributed by atoms with Crippen LogP contribution in [-0.2, 0) is 4.79 Å². The van der Waals surface area contributed by atoms with Crippen LogP contribution in [0, 0.1) is 0 Å². The summed E-state index contributed by atoms with van der Waals surface area (Å²) in [7, 11) is 2.11. The molecule has 1 N–H and O–H groups in total. The molecule has 0 aliphatic carbocycles. The van der Waals surface area contributed by atoms with Crippen molar-refractivity contribution < 1.29 is 4.79 Å². The molecule has 1 saturated heterocycles. The maximum Gasteiger partial charge on any atom is 0.286 e. The summed E-state index contributed by atoms with van der Waals surface area (Å²) in [6.07, 6.45) is 3.63. The number of thioether (sulfide) groups is 1. The highest BCUT2D eigenvalue weighted by molar-refractivity contribution is 8.18. The van der Waals surface area contributed by atoms with E-state index in [1.807, 2.05) is 36.4 Å². The number of likely N-dealkylation sites (N-methyl/N-ethyl adjacent to an activating group) is 1. The molecule has 6 nitrogen and oxygen atoms in total. The molecule has 2 aromatic rings. The first-order chi connectivity index (χ1) is 12.2. The van der Waals surface area contributed by atoms with Crippen LogP contribution in [0.3, 0.4) is 0 Å². The van der Waals surface area contributed by atoms with Crippen molar-refractivity contribution in [3.05, 3.63) is 47.0 Å². The maximum atomic E-state index is 12.3. The number of aliphatic imine (C=N–C) groups is 1. The number of rotatable bonds is 2. The summed E-state index contributed by atoms with van der Waals surface area (Å²) in [5.41, 5.74) is 2.86. The number of aromatic amines is 1. The molecule has 2 aliphatic rings. The van der Waals surface area contributed by atoms with Crippen LogP contribution in [0.25, 0.3) is 17.3 Å². The van der Waals surface area contributed by atoms with Crippen molar-refractivity contribution in [3.8, 4) is 11.3 Å². The van der Waals surface area contributed by atoms with Crippen LogP contribution in [0.2, 0.25) is 0 Å². The summed E-state index contributed by atoms with van der Waals surface area (Å²) >= 11 is 1.46. The summed E-state index contributed by atoms with van der Waals surface area (Å²) in [6, 6.07) is 9.98. The van der Waals surface area contributed by atoms with Gasteiger partial charge in [0.2, 0.25) is 0 Å². The zero-order valence-corrected chi connectivity index (χ0v) is 14.8. The number of hydrogen-bond donors (Lipinski definition) is 1. The molecule has 0 spiro atoms. The summed E-state index contributed by atoms with van der Waals surface area (Å²) in [5, 5.41) is 7.98. The van der Waals surface area contributed by atoms with Crippen molar-refractivity contribution >= 4 is 28.9 Å². The van der Waals surface area contributed by atoms with Crippen LogP contribution in [0.5, 0.6) is 0 Å². The number of nitrogens with zero attached hydrogens (tertiary/aromatic N) is 4. The first kappa shape index (κ1) is 16.1. The first-order valence-electron chi connectivity index (χ1n) is 8.25. The normalized spacial score (nSPS) is 20.4. The zero-order valence-electron chi connectivity index (χ0n) is 14.0. The van der Waals surface area contributed by atoms with Crippen LogP contribution in [-0.4, -0.2) is 64.3 Å². The van der Waals surface area contributed by atoms with Gasteiger partial charge in [0.1, 0.15) is 0 Å². The lowest BCUT2D eigenvalue weighted by Crippen LogP contribution is -2.46. The van der Waals surface area contributed by atoms with Gasteiger partial charge < -0.3 is 9.80 Å². The van der Waals surface area contributed by atoms with E-state index in [9.17, 15) is 4.79 Å². The fourth-order valence-corrected chi connectivity index (χ4v) is 3.87. The number of amides is 1. The predicted octanol–water partition coefficient (Wildman–Crippen LogP) is 2.29. The molecule has 1 aromatic carbocycles. The summed E-state index contributed by atoms with van der Waals surface area (Å²) in [4.78, 5) is 21.7. The van der Waals surface area contributed by atoms with Crippen molar-refractivity contribution in [2.24, 2.45) is 4.99 Å². The van der Waals surface area contributed by atoms with Crippen LogP contribution >= 0.6 is 11.8 Å². The number of carbonyl (C=O) groups is 1. The molecule has 7 heteroatoms. The Balaban J connectivity index is 1.54. The molecule has 25 heavy (non-hydrogen) atoms. The van der Waals surface area contributed by atoms with Crippen LogP contribution < -0.4 is 0 Å². The largest absolute Gasteiger partial charge is 0.348 e. The molecule has 0 bridgehead atoms. The van der Waals surface area contributed by atoms with E-state index in [1.165, 1.54) is 11.8 Å². The maximum absolute atomic E-state index is 12.3. The van der Waals surface area contributed by atoms with E-state index in [1.54, 1.807) is 6.20 Å². The van der Waals surface area contributed by atoms with Crippen LogP contribution in [0.15, 0.2) is 46.4 Å². The summed E-state index contributed by atoms with van der Waals surface area (Å²) < 4.78 is 0. The van der Waals surface area contributed by atoms with E-state index in [4.69, 9.17) is 0 Å². The Morgan fingerprint density at radius 3 is 2.68 bits per heavy atom. The number of nitrogens with one attached hydrogen (secondary N) is 1. The van der Waals surface area contributed by atoms with Crippen molar-refractivity contribution in [1.82, 2.24) is 20.0 Å². The fourth-order valence-electron chi connectivity index (χ4n) is 2.91. The van der Waals surface area contributed by atoms with Gasteiger partial charge in [-0.2, -0.15) is 10.1 Å². The van der Waals surface area contributed by atoms with E-state index in [2.05, 4.69) is 32.0 Å². The van der Waals surface area contributed by atoms with E-state index in [0.29, 0.717) is 4.91 Å². The summed E-state index contributed by atoms with van der Waals surface area (Å²) in [6.45, 7) is 3.80. The Labute approximate surface area is 150 Å². The molecule has 128 valence electrons. The number of aromatic nitrogens is 2. The SMILES string of the molecule is CN1CCN(C2=NC(=O)C(=Cc3cn[nH]c3-c3ccccc3)S2)CC1. The van der Waals surface area contributed by atoms with Crippen LogP contribution in [0.4, 0.5) is 0 Å². The van der Waals surface area contributed by atoms with E-state index in [-0.39, 0.29) is 5.91 Å². The van der Waals surface area contributed by atoms with Crippen molar-refractivity contribution in [2.75, 3.05) is 33.2 Å². The molecule has 3 heterocycles. The van der Waals surface area contributed by atoms with Gasteiger partial charge in [0.25, 0.3) is 5.91 Å². The minimum absolute atomic E-state index is 0.167. The lowest BCUT2D eigenvalue weighted by molar-refractivity contribution is -0.113. The Bertz CT molecular complexity index is 834. The predicted molar refractivity (Wildman–Crippen MR) is 101 cm³/mol. The first-order valence-corrected chi connectivity index (χ1v) is 9.07. The third kappa shape index (κ3) is 3.38. The number of hydrogen-bond acceptors (Lipinski definition) is 5. The Hall–Kier alpha value is -2.38. The molecule has 0 radical (unpaired) electrons. The van der Waals surface area contributed by atoms with E-state index in [0.717, 1.165) is 48.2 Å². The second-order valence-corrected chi connectivity index (χ2v) is 7.18. The van der Waals surface area contributed by atoms with Gasteiger partial charge in [-0.25, -0.2) is 0 Å². The molecule has 4 rings (SSSR count). The zero-order chi connectivity index (χ0) is 17.2. The molecule has 0 unspecified atom stereocenters. The van der Waals surface area contributed by atoms with Gasteiger partial charge in [-0.15, -0.1) is 0 Å². The molecular weight excluding hydrogens is 334 g/mol. The standard InChI is InChI=1S/C18H19N5OS/c1-22-7-9-23(10-8-22)18-20-17(24)15(25-18)11-14-12-19-21-16(14)13-5-3-2-4-6-13/h2-6,11-12H,7-10H2,1H3,(H,19,21). The van der Waals surface area contributed by atoms with E-state index < -0.39 is 0 Å². The average Bonchev–Trinajstić information content (AvgIpc) is 3.24. The lowest BCUT2D eigenvalue weighted by atomic mass is 10.1. The molecule has 1 amide bonds. The van der Waals surface area contributed by atoms with Gasteiger partial charge in [-0.3, -0.25) is 9.89 Å². The fraction of sp³-hybridized carbons (Fsp3) is 0.278. The molecule has 0 atom stereocenters. The highest BCUT2D eigenvalue weighted by atomic mass is 32.2. The van der Waals surface area contributed by atoms with Crippen molar-refractivity contribution in [3.63, 3.8) is 0 Å². The number of benzene rings is 1. The minimum atomic E-state index is -0.167.